The largest absolute Gasteiger partial charge is 0.462 e. The van der Waals surface area contributed by atoms with Gasteiger partial charge in [-0.25, -0.2) is 17.6 Å². The second-order valence-electron chi connectivity index (χ2n) is 7.06. The summed E-state index contributed by atoms with van der Waals surface area (Å²) in [5, 5.41) is 2.95. The Labute approximate surface area is 195 Å². The maximum Gasteiger partial charge on any atom is 0.341 e. The summed E-state index contributed by atoms with van der Waals surface area (Å²) in [7, 11) is -4.18. The van der Waals surface area contributed by atoms with E-state index in [0.717, 1.165) is 33.4 Å². The predicted molar refractivity (Wildman–Crippen MR) is 126 cm³/mol. The number of halogens is 1. The molecule has 0 atom stereocenters. The van der Waals surface area contributed by atoms with Crippen LogP contribution in [0.15, 0.2) is 59.5 Å². The molecule has 0 aliphatic heterocycles. The quantitative estimate of drug-likeness (QED) is 0.469. The highest BCUT2D eigenvalue weighted by molar-refractivity contribution is 7.92. The number of benzene rings is 2. The van der Waals surface area contributed by atoms with Crippen molar-refractivity contribution in [3.63, 3.8) is 0 Å². The van der Waals surface area contributed by atoms with Crippen LogP contribution in [0.2, 0.25) is 0 Å². The van der Waals surface area contributed by atoms with Crippen LogP contribution in [0.1, 0.15) is 27.7 Å². The van der Waals surface area contributed by atoms with Gasteiger partial charge in [-0.1, -0.05) is 18.2 Å². The summed E-state index contributed by atoms with van der Waals surface area (Å²) >= 11 is 1.21. The van der Waals surface area contributed by atoms with Gasteiger partial charge in [0.25, 0.3) is 10.0 Å². The first-order valence-electron chi connectivity index (χ1n) is 10.1. The van der Waals surface area contributed by atoms with Crippen LogP contribution in [0.4, 0.5) is 15.1 Å². The Morgan fingerprint density at radius 2 is 1.70 bits per heavy atom. The number of amides is 1. The van der Waals surface area contributed by atoms with E-state index in [9.17, 15) is 22.4 Å². The van der Waals surface area contributed by atoms with Gasteiger partial charge in [0, 0.05) is 4.88 Å². The maximum atomic E-state index is 13.3. The van der Waals surface area contributed by atoms with Gasteiger partial charge in [0.2, 0.25) is 5.91 Å². The smallest absolute Gasteiger partial charge is 0.341 e. The minimum absolute atomic E-state index is 0.157. The third-order valence-corrected chi connectivity index (χ3v) is 7.76. The van der Waals surface area contributed by atoms with Crippen molar-refractivity contribution in [2.45, 2.75) is 25.7 Å². The van der Waals surface area contributed by atoms with Gasteiger partial charge < -0.3 is 10.1 Å². The molecule has 3 aromatic rings. The number of ether oxygens (including phenoxy) is 1. The van der Waals surface area contributed by atoms with Gasteiger partial charge in [-0.05, 0) is 62.7 Å². The van der Waals surface area contributed by atoms with Gasteiger partial charge in [-0.3, -0.25) is 9.10 Å². The highest BCUT2D eigenvalue weighted by Crippen LogP contribution is 2.33. The Hall–Kier alpha value is -3.24. The monoisotopic (exact) mass is 490 g/mol. The first-order valence-corrected chi connectivity index (χ1v) is 12.3. The molecule has 0 aliphatic rings. The lowest BCUT2D eigenvalue weighted by atomic mass is 10.1. The van der Waals surface area contributed by atoms with Crippen LogP contribution in [-0.4, -0.2) is 33.4 Å². The number of rotatable bonds is 8. The normalized spacial score (nSPS) is 11.2. The number of nitrogens with zero attached hydrogens (tertiary/aromatic N) is 1. The molecule has 2 aromatic carbocycles. The molecule has 1 heterocycles. The fourth-order valence-corrected chi connectivity index (χ4v) is 5.59. The van der Waals surface area contributed by atoms with Crippen LogP contribution in [-0.2, 0) is 19.6 Å². The predicted octanol–water partition coefficient (Wildman–Crippen LogP) is 4.51. The summed E-state index contributed by atoms with van der Waals surface area (Å²) in [6.45, 7) is 4.87. The van der Waals surface area contributed by atoms with Crippen molar-refractivity contribution in [1.29, 1.82) is 0 Å². The van der Waals surface area contributed by atoms with Crippen LogP contribution in [0.3, 0.4) is 0 Å². The molecule has 0 radical (unpaired) electrons. The van der Waals surface area contributed by atoms with Crippen molar-refractivity contribution >= 4 is 43.9 Å². The first-order chi connectivity index (χ1) is 15.6. The standard InChI is InChI=1S/C23H23FN2O5S2/c1-4-31-23(28)21-15(2)16(3)32-22(21)25-20(27)14-26(18-8-6-5-7-9-18)33(29,30)19-12-10-17(24)11-13-19/h5-13H,4,14H2,1-3H3,(H,25,27). The molecule has 0 saturated heterocycles. The molecule has 0 spiro atoms. The van der Waals surface area contributed by atoms with E-state index >= 15 is 0 Å². The van der Waals surface area contributed by atoms with E-state index in [4.69, 9.17) is 4.74 Å². The third-order valence-electron chi connectivity index (χ3n) is 4.85. The lowest BCUT2D eigenvalue weighted by molar-refractivity contribution is -0.114. The highest BCUT2D eigenvalue weighted by Gasteiger charge is 2.29. The highest BCUT2D eigenvalue weighted by atomic mass is 32.2. The molecule has 33 heavy (non-hydrogen) atoms. The van der Waals surface area contributed by atoms with Crippen LogP contribution in [0.5, 0.6) is 0 Å². The van der Waals surface area contributed by atoms with Crippen molar-refractivity contribution < 1.29 is 27.1 Å². The second kappa shape index (κ2) is 10.1. The van der Waals surface area contributed by atoms with E-state index in [1.165, 1.54) is 11.3 Å². The summed E-state index contributed by atoms with van der Waals surface area (Å²) in [6, 6.07) is 12.5. The molecular formula is C23H23FN2O5S2. The molecular weight excluding hydrogens is 467 g/mol. The van der Waals surface area contributed by atoms with Crippen LogP contribution >= 0.6 is 11.3 Å². The summed E-state index contributed by atoms with van der Waals surface area (Å²) in [4.78, 5) is 26.0. The van der Waals surface area contributed by atoms with Gasteiger partial charge in [-0.15, -0.1) is 11.3 Å². The number of carbonyl (C=O) groups is 2. The zero-order valence-electron chi connectivity index (χ0n) is 18.3. The van der Waals surface area contributed by atoms with E-state index in [1.54, 1.807) is 44.2 Å². The molecule has 0 unspecified atom stereocenters. The molecule has 0 bridgehead atoms. The van der Waals surface area contributed by atoms with Crippen LogP contribution in [0, 0.1) is 19.7 Å². The molecule has 0 fully saturated rings. The lowest BCUT2D eigenvalue weighted by Gasteiger charge is -2.24. The SMILES string of the molecule is CCOC(=O)c1c(NC(=O)CN(c2ccccc2)S(=O)(=O)c2ccc(F)cc2)sc(C)c1C. The van der Waals surface area contributed by atoms with Crippen molar-refractivity contribution in [1.82, 2.24) is 0 Å². The third kappa shape index (κ3) is 5.40. The number of anilines is 2. The molecule has 3 rings (SSSR count). The maximum absolute atomic E-state index is 13.3. The molecule has 10 heteroatoms. The molecule has 174 valence electrons. The summed E-state index contributed by atoms with van der Waals surface area (Å²) < 4.78 is 46.0. The number of hydrogen-bond donors (Lipinski definition) is 1. The fourth-order valence-electron chi connectivity index (χ4n) is 3.10. The van der Waals surface area contributed by atoms with E-state index in [0.29, 0.717) is 10.6 Å². The topological polar surface area (TPSA) is 92.8 Å². The molecule has 1 amide bonds. The molecule has 1 aromatic heterocycles. The van der Waals surface area contributed by atoms with Crippen molar-refractivity contribution in [3.05, 3.63) is 76.4 Å². The number of thiophene rings is 1. The van der Waals surface area contributed by atoms with Gasteiger partial charge in [0.1, 0.15) is 17.4 Å². The average molecular weight is 491 g/mol. The number of sulfonamides is 1. The van der Waals surface area contributed by atoms with Gasteiger partial charge in [-0.2, -0.15) is 0 Å². The number of esters is 1. The fraction of sp³-hybridized carbons (Fsp3) is 0.217. The molecule has 7 nitrogen and oxygen atoms in total. The molecule has 0 saturated carbocycles. The first kappa shape index (κ1) is 24.4. The summed E-state index contributed by atoms with van der Waals surface area (Å²) in [5.74, 6) is -1.78. The van der Waals surface area contributed by atoms with Gasteiger partial charge in [0.05, 0.1) is 22.8 Å². The Morgan fingerprint density at radius 1 is 1.06 bits per heavy atom. The van der Waals surface area contributed by atoms with Crippen molar-refractivity contribution in [3.8, 4) is 0 Å². The Morgan fingerprint density at radius 3 is 2.30 bits per heavy atom. The van der Waals surface area contributed by atoms with E-state index in [2.05, 4.69) is 5.32 Å². The lowest BCUT2D eigenvalue weighted by Crippen LogP contribution is -2.38. The van der Waals surface area contributed by atoms with Gasteiger partial charge in [0.15, 0.2) is 0 Å². The second-order valence-corrected chi connectivity index (χ2v) is 10.1. The summed E-state index contributed by atoms with van der Waals surface area (Å²) in [5.41, 5.74) is 1.20. The number of nitrogens with one attached hydrogen (secondary N) is 1. The van der Waals surface area contributed by atoms with Crippen molar-refractivity contribution in [2.24, 2.45) is 0 Å². The van der Waals surface area contributed by atoms with E-state index in [-0.39, 0.29) is 22.8 Å². The zero-order valence-corrected chi connectivity index (χ0v) is 19.9. The van der Waals surface area contributed by atoms with E-state index < -0.39 is 34.3 Å². The number of carbonyl (C=O) groups excluding carboxylic acids is 2. The number of hydrogen-bond acceptors (Lipinski definition) is 6. The minimum atomic E-state index is -4.18. The number of aryl methyl sites for hydroxylation is 1. The average Bonchev–Trinajstić information content (AvgIpc) is 3.06. The molecule has 0 aliphatic carbocycles. The summed E-state index contributed by atoms with van der Waals surface area (Å²) in [6.07, 6.45) is 0. The molecule has 1 N–H and O–H groups in total. The number of para-hydroxylation sites is 1. The van der Waals surface area contributed by atoms with Crippen LogP contribution in [0.25, 0.3) is 0 Å². The van der Waals surface area contributed by atoms with Crippen molar-refractivity contribution in [2.75, 3.05) is 22.8 Å². The van der Waals surface area contributed by atoms with Gasteiger partial charge >= 0.3 is 5.97 Å². The Bertz CT molecular complexity index is 1260. The Balaban J connectivity index is 1.94. The zero-order chi connectivity index (χ0) is 24.2. The minimum Gasteiger partial charge on any atom is -0.462 e. The van der Waals surface area contributed by atoms with Crippen LogP contribution < -0.4 is 9.62 Å². The Kier molecular flexibility index (Phi) is 7.50. The van der Waals surface area contributed by atoms with E-state index in [1.807, 2.05) is 6.92 Å².